The van der Waals surface area contributed by atoms with Crippen molar-refractivity contribution in [3.63, 3.8) is 0 Å². The average Bonchev–Trinajstić information content (AvgIpc) is 3.16. The summed E-state index contributed by atoms with van der Waals surface area (Å²) in [5.41, 5.74) is 2.77. The van der Waals surface area contributed by atoms with Crippen molar-refractivity contribution in [1.29, 1.82) is 0 Å². The minimum Gasteiger partial charge on any atom is -0.297 e. The van der Waals surface area contributed by atoms with Crippen molar-refractivity contribution in [2.24, 2.45) is 0 Å². The van der Waals surface area contributed by atoms with Gasteiger partial charge in [0.15, 0.2) is 0 Å². The largest absolute Gasteiger partial charge is 0.297 e. The molecule has 2 fully saturated rings. The third-order valence-corrected chi connectivity index (χ3v) is 6.32. The lowest BCUT2D eigenvalue weighted by Gasteiger charge is -2.39. The molecule has 2 aliphatic rings. The molecule has 1 saturated heterocycles. The van der Waals surface area contributed by atoms with Crippen LogP contribution in [0.25, 0.3) is 0 Å². The van der Waals surface area contributed by atoms with Gasteiger partial charge >= 0.3 is 0 Å². The van der Waals surface area contributed by atoms with Crippen LogP contribution in [-0.4, -0.2) is 41.1 Å². The molecule has 0 spiro atoms. The van der Waals surface area contributed by atoms with E-state index in [0.29, 0.717) is 18.6 Å². The zero-order valence-corrected chi connectivity index (χ0v) is 16.1. The summed E-state index contributed by atoms with van der Waals surface area (Å²) in [5, 5.41) is 0. The maximum absolute atomic E-state index is 13.6. The number of alkyl halides is 1. The van der Waals surface area contributed by atoms with E-state index < -0.39 is 6.17 Å². The summed E-state index contributed by atoms with van der Waals surface area (Å²) >= 11 is 0. The van der Waals surface area contributed by atoms with Crippen molar-refractivity contribution < 1.29 is 4.39 Å². The fraction of sp³-hybridized carbons (Fsp3) is 0.500. The molecule has 144 valence electrons. The smallest absolute Gasteiger partial charge is 0.114 e. The molecule has 1 heterocycles. The van der Waals surface area contributed by atoms with Gasteiger partial charge in [-0.15, -0.1) is 0 Å². The van der Waals surface area contributed by atoms with Gasteiger partial charge in [0.05, 0.1) is 0 Å². The van der Waals surface area contributed by atoms with Gasteiger partial charge < -0.3 is 0 Å². The zero-order chi connectivity index (χ0) is 18.5. The molecule has 0 radical (unpaired) electrons. The second-order valence-electron chi connectivity index (χ2n) is 8.22. The Bertz CT molecular complexity index is 641. The minimum absolute atomic E-state index is 0.595. The van der Waals surface area contributed by atoms with E-state index in [1.807, 2.05) is 0 Å². The van der Waals surface area contributed by atoms with Crippen LogP contribution in [0.15, 0.2) is 60.7 Å². The fourth-order valence-electron chi connectivity index (χ4n) is 4.81. The van der Waals surface area contributed by atoms with Gasteiger partial charge in [0, 0.05) is 38.3 Å². The summed E-state index contributed by atoms with van der Waals surface area (Å²) in [5.74, 6) is 0. The first-order valence-corrected chi connectivity index (χ1v) is 10.5. The van der Waals surface area contributed by atoms with E-state index in [0.717, 1.165) is 26.1 Å². The van der Waals surface area contributed by atoms with Crippen LogP contribution in [0, 0.1) is 0 Å². The van der Waals surface area contributed by atoms with Gasteiger partial charge in [-0.05, 0) is 43.2 Å². The van der Waals surface area contributed by atoms with Gasteiger partial charge in [0.1, 0.15) is 6.17 Å². The van der Waals surface area contributed by atoms with Crippen molar-refractivity contribution in [2.75, 3.05) is 13.1 Å². The summed E-state index contributed by atoms with van der Waals surface area (Å²) in [4.78, 5) is 5.06. The Balaban J connectivity index is 1.41. The Morgan fingerprint density at radius 1 is 0.778 bits per heavy atom. The molecule has 1 aliphatic heterocycles. The van der Waals surface area contributed by atoms with Gasteiger partial charge in [-0.3, -0.25) is 9.80 Å². The number of benzene rings is 2. The molecule has 0 aromatic heterocycles. The molecule has 1 saturated carbocycles. The third kappa shape index (κ3) is 4.97. The molecule has 0 N–H and O–H groups in total. The van der Waals surface area contributed by atoms with E-state index in [9.17, 15) is 4.39 Å². The van der Waals surface area contributed by atoms with E-state index in [4.69, 9.17) is 0 Å². The van der Waals surface area contributed by atoms with Crippen molar-refractivity contribution in [3.8, 4) is 0 Å². The van der Waals surface area contributed by atoms with Crippen molar-refractivity contribution >= 4 is 0 Å². The molecular weight excluding hydrogens is 335 g/mol. The van der Waals surface area contributed by atoms with Crippen molar-refractivity contribution in [3.05, 3.63) is 71.8 Å². The molecule has 1 aliphatic carbocycles. The molecule has 1 atom stereocenters. The summed E-state index contributed by atoms with van der Waals surface area (Å²) in [6.45, 7) is 3.62. The number of rotatable bonds is 6. The fourth-order valence-corrected chi connectivity index (χ4v) is 4.81. The highest BCUT2D eigenvalue weighted by atomic mass is 19.1. The molecule has 0 bridgehead atoms. The van der Waals surface area contributed by atoms with Crippen LogP contribution in [-0.2, 0) is 13.1 Å². The number of nitrogens with zero attached hydrogens (tertiary/aromatic N) is 2. The first-order chi connectivity index (χ1) is 13.3. The van der Waals surface area contributed by atoms with E-state index in [1.165, 1.54) is 36.8 Å². The predicted octanol–water partition coefficient (Wildman–Crippen LogP) is 5.04. The number of halogens is 1. The van der Waals surface area contributed by atoms with Crippen LogP contribution in [0.3, 0.4) is 0 Å². The normalized spacial score (nSPS) is 26.5. The molecule has 2 aromatic carbocycles. The van der Waals surface area contributed by atoms with Crippen molar-refractivity contribution in [2.45, 2.75) is 63.4 Å². The van der Waals surface area contributed by atoms with Crippen LogP contribution in [0.2, 0.25) is 0 Å². The molecule has 27 heavy (non-hydrogen) atoms. The lowest BCUT2D eigenvalue weighted by atomic mass is 9.88. The molecule has 0 amide bonds. The number of likely N-dealkylation sites (tertiary alicyclic amines) is 1. The van der Waals surface area contributed by atoms with Gasteiger partial charge in [-0.2, -0.15) is 0 Å². The standard InChI is InChI=1S/C24H31FN2/c25-22-15-16-26(19-22)23-11-13-24(14-12-23)27(17-20-7-3-1-4-8-20)18-21-9-5-2-6-10-21/h1-10,22-24H,11-19H2/t22-,23?,24?/m0/s1. The molecule has 3 heteroatoms. The number of hydrogen-bond donors (Lipinski definition) is 0. The van der Waals surface area contributed by atoms with Crippen LogP contribution < -0.4 is 0 Å². The van der Waals surface area contributed by atoms with Crippen LogP contribution in [0.1, 0.15) is 43.2 Å². The minimum atomic E-state index is -0.601. The van der Waals surface area contributed by atoms with Gasteiger partial charge in [-0.25, -0.2) is 4.39 Å². The topological polar surface area (TPSA) is 6.48 Å². The third-order valence-electron chi connectivity index (χ3n) is 6.32. The average molecular weight is 367 g/mol. The second-order valence-corrected chi connectivity index (χ2v) is 8.22. The van der Waals surface area contributed by atoms with Gasteiger partial charge in [0.25, 0.3) is 0 Å². The van der Waals surface area contributed by atoms with Crippen molar-refractivity contribution in [1.82, 2.24) is 9.80 Å². The summed E-state index contributed by atoms with van der Waals surface area (Å²) < 4.78 is 13.6. The highest BCUT2D eigenvalue weighted by molar-refractivity contribution is 5.17. The summed E-state index contributed by atoms with van der Waals surface area (Å²) in [6, 6.07) is 22.8. The first kappa shape index (κ1) is 18.6. The lowest BCUT2D eigenvalue weighted by molar-refractivity contribution is 0.0937. The Morgan fingerprint density at radius 2 is 1.33 bits per heavy atom. The Morgan fingerprint density at radius 3 is 1.81 bits per heavy atom. The highest BCUT2D eigenvalue weighted by Gasteiger charge is 2.32. The van der Waals surface area contributed by atoms with E-state index in [-0.39, 0.29) is 0 Å². The Hall–Kier alpha value is -1.71. The van der Waals surface area contributed by atoms with Gasteiger partial charge in [0.2, 0.25) is 0 Å². The van der Waals surface area contributed by atoms with E-state index in [2.05, 4.69) is 70.5 Å². The highest BCUT2D eigenvalue weighted by Crippen LogP contribution is 2.30. The van der Waals surface area contributed by atoms with Crippen LogP contribution in [0.5, 0.6) is 0 Å². The van der Waals surface area contributed by atoms with E-state index >= 15 is 0 Å². The Labute approximate surface area is 163 Å². The SMILES string of the molecule is F[C@H]1CCN(C2CCC(N(Cc3ccccc3)Cc3ccccc3)CC2)C1. The Kier molecular flexibility index (Phi) is 6.21. The molecule has 2 nitrogen and oxygen atoms in total. The maximum atomic E-state index is 13.6. The molecule has 4 rings (SSSR count). The van der Waals surface area contributed by atoms with E-state index in [1.54, 1.807) is 0 Å². The maximum Gasteiger partial charge on any atom is 0.114 e. The summed E-state index contributed by atoms with van der Waals surface area (Å²) in [7, 11) is 0. The predicted molar refractivity (Wildman–Crippen MR) is 109 cm³/mol. The van der Waals surface area contributed by atoms with Crippen LogP contribution in [0.4, 0.5) is 4.39 Å². The van der Waals surface area contributed by atoms with Gasteiger partial charge in [-0.1, -0.05) is 60.7 Å². The first-order valence-electron chi connectivity index (χ1n) is 10.5. The monoisotopic (exact) mass is 366 g/mol. The number of hydrogen-bond acceptors (Lipinski definition) is 2. The second kappa shape index (κ2) is 8.99. The lowest BCUT2D eigenvalue weighted by Crippen LogP contribution is -2.43. The van der Waals surface area contributed by atoms with Crippen LogP contribution >= 0.6 is 0 Å². The molecule has 0 unspecified atom stereocenters. The quantitative estimate of drug-likeness (QED) is 0.706. The summed E-state index contributed by atoms with van der Waals surface area (Å²) in [6.07, 6.45) is 4.98. The molecular formula is C24H31FN2. The zero-order valence-electron chi connectivity index (χ0n) is 16.1. The molecule has 2 aromatic rings.